The van der Waals surface area contributed by atoms with Crippen LogP contribution in [0.1, 0.15) is 18.4 Å². The maximum absolute atomic E-state index is 11.2. The first-order valence-corrected chi connectivity index (χ1v) is 9.27. The molecule has 128 valence electrons. The van der Waals surface area contributed by atoms with Crippen LogP contribution in [0.3, 0.4) is 0 Å². The Balaban J connectivity index is 1.29. The third-order valence-corrected chi connectivity index (χ3v) is 6.26. The number of para-hydroxylation sites is 1. The van der Waals surface area contributed by atoms with E-state index in [4.69, 9.17) is 0 Å². The van der Waals surface area contributed by atoms with Gasteiger partial charge in [-0.2, -0.15) is 0 Å². The molecule has 2 aliphatic carbocycles. The average molecular weight is 329 g/mol. The van der Waals surface area contributed by atoms with E-state index in [2.05, 4.69) is 12.2 Å². The number of nitro groups is 1. The van der Waals surface area contributed by atoms with Crippen molar-refractivity contribution in [2.75, 3.05) is 32.7 Å². The van der Waals surface area contributed by atoms with E-state index in [0.717, 1.165) is 43.0 Å². The van der Waals surface area contributed by atoms with Crippen LogP contribution in [-0.4, -0.2) is 37.6 Å². The number of hydrogen-bond acceptors (Lipinski definition) is 2. The van der Waals surface area contributed by atoms with Crippen molar-refractivity contribution in [3.05, 3.63) is 52.1 Å². The summed E-state index contributed by atoms with van der Waals surface area (Å²) in [6.45, 7) is 6.75. The number of benzene rings is 1. The lowest BCUT2D eigenvalue weighted by atomic mass is 9.93. The van der Waals surface area contributed by atoms with E-state index in [9.17, 15) is 10.1 Å². The fraction of sp³-hybridized carbons (Fsp3) is 0.579. The Bertz CT molecular complexity index is 637. The number of quaternary nitrogens is 2. The number of hydrogen-bond donors (Lipinski definition) is 2. The third-order valence-electron chi connectivity index (χ3n) is 6.26. The molecule has 5 heteroatoms. The average Bonchev–Trinajstić information content (AvgIpc) is 3.20. The van der Waals surface area contributed by atoms with Crippen LogP contribution in [0.25, 0.3) is 0 Å². The Morgan fingerprint density at radius 3 is 2.46 bits per heavy atom. The number of piperazine rings is 1. The second-order valence-electron chi connectivity index (χ2n) is 7.81. The van der Waals surface area contributed by atoms with Crippen molar-refractivity contribution < 1.29 is 14.7 Å². The minimum atomic E-state index is -0.251. The fourth-order valence-corrected chi connectivity index (χ4v) is 4.95. The van der Waals surface area contributed by atoms with Gasteiger partial charge in [-0.3, -0.25) is 10.1 Å². The Labute approximate surface area is 143 Å². The summed E-state index contributed by atoms with van der Waals surface area (Å²) in [6, 6.07) is 7.19. The van der Waals surface area contributed by atoms with Gasteiger partial charge in [-0.05, 0) is 30.7 Å². The molecule has 24 heavy (non-hydrogen) atoms. The first-order chi connectivity index (χ1) is 11.7. The van der Waals surface area contributed by atoms with Gasteiger partial charge in [-0.25, -0.2) is 0 Å². The summed E-state index contributed by atoms with van der Waals surface area (Å²) in [4.78, 5) is 14.1. The minimum Gasteiger partial charge on any atom is -0.325 e. The van der Waals surface area contributed by atoms with Crippen molar-refractivity contribution >= 4 is 5.69 Å². The van der Waals surface area contributed by atoms with Crippen LogP contribution in [-0.2, 0) is 6.54 Å². The van der Waals surface area contributed by atoms with Crippen LogP contribution >= 0.6 is 0 Å². The standard InChI is InChI=1S/C19H25N3O2/c23-22(24)19-4-2-1-3-17(19)13-20-7-9-21(10-8-20)14-18-12-15-5-6-16(18)11-15/h1-6,15-16,18H,7-14H2/p+2/t15-,16+,18+/m1/s1. The number of rotatable bonds is 5. The van der Waals surface area contributed by atoms with E-state index in [1.54, 1.807) is 17.0 Å². The Morgan fingerprint density at radius 2 is 1.79 bits per heavy atom. The van der Waals surface area contributed by atoms with Crippen LogP contribution < -0.4 is 9.80 Å². The molecule has 1 aromatic rings. The van der Waals surface area contributed by atoms with Crippen LogP contribution in [0, 0.1) is 27.9 Å². The van der Waals surface area contributed by atoms with Crippen molar-refractivity contribution in [1.82, 2.24) is 0 Å². The van der Waals surface area contributed by atoms with Crippen molar-refractivity contribution in [3.8, 4) is 0 Å². The molecule has 2 fully saturated rings. The molecule has 1 saturated carbocycles. The first kappa shape index (κ1) is 15.8. The highest BCUT2D eigenvalue weighted by atomic mass is 16.6. The molecule has 1 aromatic carbocycles. The monoisotopic (exact) mass is 329 g/mol. The van der Waals surface area contributed by atoms with E-state index in [0.29, 0.717) is 0 Å². The molecule has 2 N–H and O–H groups in total. The summed E-state index contributed by atoms with van der Waals surface area (Å²) in [7, 11) is 0. The van der Waals surface area contributed by atoms with E-state index in [1.807, 2.05) is 12.1 Å². The predicted molar refractivity (Wildman–Crippen MR) is 91.9 cm³/mol. The summed E-state index contributed by atoms with van der Waals surface area (Å²) >= 11 is 0. The number of allylic oxidation sites excluding steroid dienone is 2. The molecule has 2 bridgehead atoms. The second-order valence-corrected chi connectivity index (χ2v) is 7.81. The van der Waals surface area contributed by atoms with E-state index >= 15 is 0 Å². The van der Waals surface area contributed by atoms with Crippen LogP contribution in [0.2, 0.25) is 0 Å². The molecule has 3 aliphatic rings. The maximum atomic E-state index is 11.2. The highest BCUT2D eigenvalue weighted by Gasteiger charge is 2.38. The SMILES string of the molecule is O=[N+]([O-])c1ccccc1C[NH+]1CC[NH+](C[C@@H]2C[C@@H]3C=C[C@H]2C3)CC1. The number of fused-ring (bicyclic) bond motifs is 2. The molecule has 1 aliphatic heterocycles. The first-order valence-electron chi connectivity index (χ1n) is 9.27. The molecule has 0 radical (unpaired) electrons. The van der Waals surface area contributed by atoms with Gasteiger partial charge in [0.1, 0.15) is 32.7 Å². The smallest absolute Gasteiger partial charge is 0.278 e. The Morgan fingerprint density at radius 1 is 1.04 bits per heavy atom. The zero-order valence-electron chi connectivity index (χ0n) is 14.1. The molecule has 0 aromatic heterocycles. The highest BCUT2D eigenvalue weighted by Crippen LogP contribution is 2.42. The van der Waals surface area contributed by atoms with Gasteiger partial charge >= 0.3 is 0 Å². The quantitative estimate of drug-likeness (QED) is 0.457. The van der Waals surface area contributed by atoms with Gasteiger partial charge in [0.25, 0.3) is 5.69 Å². The van der Waals surface area contributed by atoms with Gasteiger partial charge < -0.3 is 9.80 Å². The van der Waals surface area contributed by atoms with Crippen LogP contribution in [0.4, 0.5) is 5.69 Å². The Hall–Kier alpha value is -1.72. The Kier molecular flexibility index (Phi) is 4.37. The molecule has 0 amide bonds. The van der Waals surface area contributed by atoms with Crippen LogP contribution in [0.5, 0.6) is 0 Å². The van der Waals surface area contributed by atoms with Gasteiger partial charge in [0.2, 0.25) is 0 Å². The van der Waals surface area contributed by atoms with Crippen molar-refractivity contribution in [3.63, 3.8) is 0 Å². The molecule has 3 atom stereocenters. The highest BCUT2D eigenvalue weighted by molar-refractivity contribution is 5.39. The van der Waals surface area contributed by atoms with E-state index in [-0.39, 0.29) is 10.6 Å². The summed E-state index contributed by atoms with van der Waals surface area (Å²) in [5, 5.41) is 11.2. The summed E-state index contributed by atoms with van der Waals surface area (Å²) < 4.78 is 0. The topological polar surface area (TPSA) is 52.0 Å². The zero-order chi connectivity index (χ0) is 16.5. The van der Waals surface area contributed by atoms with Crippen molar-refractivity contribution in [2.45, 2.75) is 19.4 Å². The number of nitrogens with zero attached hydrogens (tertiary/aromatic N) is 1. The maximum Gasteiger partial charge on any atom is 0.278 e. The molecule has 0 spiro atoms. The third kappa shape index (κ3) is 3.23. The van der Waals surface area contributed by atoms with Crippen molar-refractivity contribution in [1.29, 1.82) is 0 Å². The number of nitro benzene ring substituents is 1. The summed E-state index contributed by atoms with van der Waals surface area (Å²) in [6.07, 6.45) is 7.67. The second kappa shape index (κ2) is 6.65. The van der Waals surface area contributed by atoms with Crippen molar-refractivity contribution in [2.24, 2.45) is 17.8 Å². The lowest BCUT2D eigenvalue weighted by Gasteiger charge is -2.32. The normalized spacial score (nSPS) is 34.6. The summed E-state index contributed by atoms with van der Waals surface area (Å²) in [5.41, 5.74) is 1.15. The van der Waals surface area contributed by atoms with Crippen LogP contribution in [0.15, 0.2) is 36.4 Å². The van der Waals surface area contributed by atoms with Gasteiger partial charge in [0.15, 0.2) is 0 Å². The molecular formula is C19H27N3O2+2. The molecule has 0 unspecified atom stereocenters. The van der Waals surface area contributed by atoms with Gasteiger partial charge in [0, 0.05) is 12.0 Å². The lowest BCUT2D eigenvalue weighted by Crippen LogP contribution is -3.27. The molecule has 4 rings (SSSR count). The molecular weight excluding hydrogens is 302 g/mol. The molecule has 1 heterocycles. The van der Waals surface area contributed by atoms with Gasteiger partial charge in [-0.15, -0.1) is 0 Å². The van der Waals surface area contributed by atoms with Gasteiger partial charge in [-0.1, -0.05) is 24.3 Å². The molecule has 1 saturated heterocycles. The zero-order valence-corrected chi connectivity index (χ0v) is 14.1. The largest absolute Gasteiger partial charge is 0.325 e. The summed E-state index contributed by atoms with van der Waals surface area (Å²) in [5.74, 6) is 2.61. The van der Waals surface area contributed by atoms with E-state index < -0.39 is 0 Å². The number of nitrogens with one attached hydrogen (secondary N) is 2. The predicted octanol–water partition coefficient (Wildman–Crippen LogP) is 0.0904. The van der Waals surface area contributed by atoms with Gasteiger partial charge in [0.05, 0.1) is 17.0 Å². The lowest BCUT2D eigenvalue weighted by molar-refractivity contribution is -1.02. The fourth-order valence-electron chi connectivity index (χ4n) is 4.95. The minimum absolute atomic E-state index is 0.251. The molecule has 5 nitrogen and oxygen atoms in total. The van der Waals surface area contributed by atoms with E-state index in [1.165, 1.54) is 37.4 Å².